The van der Waals surface area contributed by atoms with Gasteiger partial charge in [0, 0.05) is 32.6 Å². The number of carbonyl (C=O) groups excluding carboxylic acids is 2. The van der Waals surface area contributed by atoms with Gasteiger partial charge < -0.3 is 30.7 Å². The second kappa shape index (κ2) is 9.77. The number of ketones is 1. The van der Waals surface area contributed by atoms with E-state index in [0.717, 1.165) is 0 Å². The number of carbonyl (C=O) groups is 3. The van der Waals surface area contributed by atoms with Gasteiger partial charge >= 0.3 is 5.97 Å². The van der Waals surface area contributed by atoms with E-state index in [9.17, 15) is 19.5 Å². The molecule has 1 aliphatic carbocycles. The average molecular weight is 372 g/mol. The number of nitrogens with two attached hydrogens (primary N) is 1. The highest BCUT2D eigenvalue weighted by atomic mass is 16.5. The highest BCUT2D eigenvalue weighted by Crippen LogP contribution is 2.29. The summed E-state index contributed by atoms with van der Waals surface area (Å²) in [5.74, 6) is -1.98. The number of hydrogen-bond donors (Lipinski definition) is 4. The molecule has 0 fully saturated rings. The molecule has 0 bridgehead atoms. The molecule has 9 heteroatoms. The number of methoxy groups -OCH3 is 2. The Labute approximate surface area is 152 Å². The fraction of sp³-hybridized carbons (Fsp3) is 0.706. The van der Waals surface area contributed by atoms with Crippen molar-refractivity contribution in [3.05, 3.63) is 11.1 Å². The third-order valence-electron chi connectivity index (χ3n) is 4.62. The average Bonchev–Trinajstić information content (AvgIpc) is 2.59. The Balaban J connectivity index is 2.81. The first-order valence-corrected chi connectivity index (χ1v) is 8.40. The fourth-order valence-electron chi connectivity index (χ4n) is 2.94. The Morgan fingerprint density at radius 2 is 1.88 bits per heavy atom. The minimum Gasteiger partial charge on any atom is -0.480 e. The summed E-state index contributed by atoms with van der Waals surface area (Å²) in [5, 5.41) is 21.9. The maximum absolute atomic E-state index is 12.6. The normalized spacial score (nSPS) is 24.2. The molecule has 5 atom stereocenters. The highest BCUT2D eigenvalue weighted by Gasteiger charge is 2.39. The van der Waals surface area contributed by atoms with Gasteiger partial charge in [0.05, 0.1) is 12.1 Å². The molecule has 5 N–H and O–H groups in total. The summed E-state index contributed by atoms with van der Waals surface area (Å²) in [7, 11) is 2.93. The summed E-state index contributed by atoms with van der Waals surface area (Å²) in [4.78, 5) is 35.2. The monoisotopic (exact) mass is 372 g/mol. The minimum atomic E-state index is -1.24. The summed E-state index contributed by atoms with van der Waals surface area (Å²) in [6, 6.07) is -1.89. The first-order chi connectivity index (χ1) is 12.1. The van der Waals surface area contributed by atoms with Crippen molar-refractivity contribution in [2.75, 3.05) is 14.2 Å². The van der Waals surface area contributed by atoms with Gasteiger partial charge in [-0.05, 0) is 25.8 Å². The van der Waals surface area contributed by atoms with Crippen LogP contribution in [0.4, 0.5) is 0 Å². The van der Waals surface area contributed by atoms with E-state index in [1.165, 1.54) is 14.2 Å². The molecule has 0 aromatic carbocycles. The van der Waals surface area contributed by atoms with Crippen LogP contribution >= 0.6 is 0 Å². The van der Waals surface area contributed by atoms with Crippen molar-refractivity contribution in [3.8, 4) is 0 Å². The van der Waals surface area contributed by atoms with Gasteiger partial charge in [0.15, 0.2) is 5.78 Å². The first kappa shape index (κ1) is 22.2. The van der Waals surface area contributed by atoms with E-state index in [-0.39, 0.29) is 30.3 Å². The van der Waals surface area contributed by atoms with Gasteiger partial charge in [0.25, 0.3) is 0 Å². The molecule has 0 saturated carbocycles. The third kappa shape index (κ3) is 5.34. The molecule has 0 heterocycles. The van der Waals surface area contributed by atoms with E-state index in [2.05, 4.69) is 5.32 Å². The van der Waals surface area contributed by atoms with Crippen molar-refractivity contribution in [1.29, 1.82) is 0 Å². The van der Waals surface area contributed by atoms with Gasteiger partial charge in [0.1, 0.15) is 18.2 Å². The Bertz CT molecular complexity index is 575. The van der Waals surface area contributed by atoms with E-state index >= 15 is 0 Å². The van der Waals surface area contributed by atoms with Gasteiger partial charge in [-0.3, -0.25) is 14.4 Å². The molecule has 26 heavy (non-hydrogen) atoms. The smallest absolute Gasteiger partial charge is 0.320 e. The number of aliphatic carboxylic acids is 1. The lowest BCUT2D eigenvalue weighted by Crippen LogP contribution is -2.48. The standard InChI is InChI=1S/C17H28N2O7/c1-8-11(25-3)7-12(26-4)16(22)14(8)15(21)9(2)19-13(20)6-5-10(18)17(23)24/h9-12,15,21H,5-7,18H2,1-4H3,(H,19,20)(H,23,24)/t9-,10-,11-,12-,15-/m0/s1. The van der Waals surface area contributed by atoms with Crippen molar-refractivity contribution in [3.63, 3.8) is 0 Å². The Kier molecular flexibility index (Phi) is 8.35. The zero-order valence-electron chi connectivity index (χ0n) is 15.5. The summed E-state index contributed by atoms with van der Waals surface area (Å²) >= 11 is 0. The number of aliphatic hydroxyl groups excluding tert-OH is 1. The van der Waals surface area contributed by atoms with E-state index in [1.807, 2.05) is 0 Å². The minimum absolute atomic E-state index is 0.0257. The predicted molar refractivity (Wildman–Crippen MR) is 92.4 cm³/mol. The van der Waals surface area contributed by atoms with E-state index in [0.29, 0.717) is 12.0 Å². The van der Waals surface area contributed by atoms with Crippen LogP contribution in [0.1, 0.15) is 33.1 Å². The number of carboxylic acids is 1. The van der Waals surface area contributed by atoms with Crippen LogP contribution in [0.25, 0.3) is 0 Å². The maximum Gasteiger partial charge on any atom is 0.320 e. The molecule has 0 unspecified atom stereocenters. The molecule has 0 spiro atoms. The van der Waals surface area contributed by atoms with Crippen molar-refractivity contribution < 1.29 is 34.1 Å². The Morgan fingerprint density at radius 3 is 2.38 bits per heavy atom. The number of aliphatic hydroxyl groups is 1. The SMILES string of the molecule is CO[C@H]1C[C@H](OC)C(C)=C([C@@H](O)[C@H](C)NC(=O)CC[C@H](N)C(=O)O)C1=O. The number of Topliss-reactive ketones (excluding diaryl/α,β-unsaturated/α-hetero) is 1. The van der Waals surface area contributed by atoms with Crippen LogP contribution in [-0.2, 0) is 23.9 Å². The predicted octanol–water partition coefficient (Wildman–Crippen LogP) is -0.637. The van der Waals surface area contributed by atoms with Gasteiger partial charge in [-0.1, -0.05) is 0 Å². The topological polar surface area (TPSA) is 148 Å². The van der Waals surface area contributed by atoms with Crippen LogP contribution in [0.2, 0.25) is 0 Å². The van der Waals surface area contributed by atoms with E-state index < -0.39 is 36.2 Å². The summed E-state index contributed by atoms with van der Waals surface area (Å²) in [6.45, 7) is 3.27. The number of nitrogens with one attached hydrogen (secondary N) is 1. The zero-order chi connectivity index (χ0) is 20.0. The Morgan fingerprint density at radius 1 is 1.31 bits per heavy atom. The van der Waals surface area contributed by atoms with Gasteiger partial charge in [-0.2, -0.15) is 0 Å². The van der Waals surface area contributed by atoms with Crippen molar-refractivity contribution in [1.82, 2.24) is 5.32 Å². The van der Waals surface area contributed by atoms with Crippen LogP contribution in [0, 0.1) is 0 Å². The van der Waals surface area contributed by atoms with Gasteiger partial charge in [-0.15, -0.1) is 0 Å². The second-order valence-electron chi connectivity index (χ2n) is 6.43. The molecule has 0 aliphatic heterocycles. The third-order valence-corrected chi connectivity index (χ3v) is 4.62. The summed E-state index contributed by atoms with van der Waals surface area (Å²) < 4.78 is 10.5. The quantitative estimate of drug-likeness (QED) is 0.418. The van der Waals surface area contributed by atoms with Crippen molar-refractivity contribution in [2.45, 2.75) is 63.5 Å². The molecule has 0 aromatic rings. The molecular formula is C17H28N2O7. The number of carboxylic acid groups (broad SMARTS) is 1. The lowest BCUT2D eigenvalue weighted by Gasteiger charge is -2.33. The number of ether oxygens (including phenoxy) is 2. The van der Waals surface area contributed by atoms with Crippen LogP contribution in [0.15, 0.2) is 11.1 Å². The molecule has 1 rings (SSSR count). The van der Waals surface area contributed by atoms with Crippen LogP contribution < -0.4 is 11.1 Å². The van der Waals surface area contributed by atoms with E-state index in [1.54, 1.807) is 13.8 Å². The van der Waals surface area contributed by atoms with Gasteiger partial charge in [0.2, 0.25) is 5.91 Å². The maximum atomic E-state index is 12.6. The zero-order valence-corrected chi connectivity index (χ0v) is 15.5. The molecule has 0 saturated heterocycles. The van der Waals surface area contributed by atoms with Crippen LogP contribution in [-0.4, -0.2) is 72.5 Å². The molecule has 148 valence electrons. The van der Waals surface area contributed by atoms with Crippen LogP contribution in [0.3, 0.4) is 0 Å². The lowest BCUT2D eigenvalue weighted by atomic mass is 9.82. The Hall–Kier alpha value is -1.81. The highest BCUT2D eigenvalue weighted by molar-refractivity contribution is 6.01. The molecule has 0 radical (unpaired) electrons. The molecule has 9 nitrogen and oxygen atoms in total. The molecule has 1 aliphatic rings. The molecule has 1 amide bonds. The number of amides is 1. The van der Waals surface area contributed by atoms with Gasteiger partial charge in [-0.25, -0.2) is 0 Å². The largest absolute Gasteiger partial charge is 0.480 e. The fourth-order valence-corrected chi connectivity index (χ4v) is 2.94. The van der Waals surface area contributed by atoms with Crippen molar-refractivity contribution in [2.24, 2.45) is 5.73 Å². The summed E-state index contributed by atoms with van der Waals surface area (Å²) in [5.41, 5.74) is 6.14. The van der Waals surface area contributed by atoms with Crippen molar-refractivity contribution >= 4 is 17.7 Å². The number of rotatable bonds is 9. The summed E-state index contributed by atoms with van der Waals surface area (Å²) in [6.07, 6.45) is -2.08. The second-order valence-corrected chi connectivity index (χ2v) is 6.43. The lowest BCUT2D eigenvalue weighted by molar-refractivity contribution is -0.138. The molecule has 0 aromatic heterocycles. The first-order valence-electron chi connectivity index (χ1n) is 8.40. The van der Waals surface area contributed by atoms with E-state index in [4.69, 9.17) is 20.3 Å². The molecular weight excluding hydrogens is 344 g/mol. The number of hydrogen-bond acceptors (Lipinski definition) is 7. The van der Waals surface area contributed by atoms with Crippen LogP contribution in [0.5, 0.6) is 0 Å².